The highest BCUT2D eigenvalue weighted by Gasteiger charge is 2.03. The van der Waals surface area contributed by atoms with Crippen LogP contribution in [0.3, 0.4) is 0 Å². The van der Waals surface area contributed by atoms with Crippen molar-refractivity contribution >= 4 is 17.6 Å². The highest BCUT2D eigenvalue weighted by molar-refractivity contribution is 6.31. The van der Waals surface area contributed by atoms with Crippen molar-refractivity contribution in [3.05, 3.63) is 34.9 Å². The first-order valence-corrected chi connectivity index (χ1v) is 6.91. The van der Waals surface area contributed by atoms with Gasteiger partial charge in [0.15, 0.2) is 5.96 Å². The van der Waals surface area contributed by atoms with E-state index in [1.807, 2.05) is 38.1 Å². The van der Waals surface area contributed by atoms with Crippen molar-refractivity contribution in [3.63, 3.8) is 0 Å². The Morgan fingerprint density at radius 2 is 2.11 bits per heavy atom. The summed E-state index contributed by atoms with van der Waals surface area (Å²) in [5.74, 6) is 0.937. The van der Waals surface area contributed by atoms with Crippen LogP contribution >= 0.6 is 11.6 Å². The second-order valence-corrected chi connectivity index (χ2v) is 4.86. The van der Waals surface area contributed by atoms with Crippen LogP contribution in [0.15, 0.2) is 29.3 Å². The minimum Gasteiger partial charge on any atom is -0.396 e. The number of hydrogen-bond donors (Lipinski definition) is 3. The van der Waals surface area contributed by atoms with Gasteiger partial charge in [-0.3, -0.25) is 0 Å². The third-order valence-electron chi connectivity index (χ3n) is 2.64. The first-order valence-electron chi connectivity index (χ1n) is 6.53. The Kier molecular flexibility index (Phi) is 7.30. The fourth-order valence-electron chi connectivity index (χ4n) is 1.47. The molecule has 1 aromatic carbocycles. The molecule has 5 heteroatoms. The summed E-state index contributed by atoms with van der Waals surface area (Å²) in [7, 11) is 0. The molecule has 0 saturated carbocycles. The van der Waals surface area contributed by atoms with E-state index in [0.717, 1.165) is 23.1 Å². The zero-order chi connectivity index (χ0) is 14.1. The Balaban J connectivity index is 2.60. The van der Waals surface area contributed by atoms with E-state index < -0.39 is 0 Å². The molecule has 0 aliphatic carbocycles. The van der Waals surface area contributed by atoms with Crippen molar-refractivity contribution in [2.75, 3.05) is 19.7 Å². The van der Waals surface area contributed by atoms with E-state index in [9.17, 15) is 0 Å². The summed E-state index contributed by atoms with van der Waals surface area (Å²) in [6.07, 6.45) is 0. The van der Waals surface area contributed by atoms with E-state index in [1.165, 1.54) is 0 Å². The molecule has 4 nitrogen and oxygen atoms in total. The number of aliphatic hydroxyl groups is 1. The van der Waals surface area contributed by atoms with Crippen LogP contribution in [0.5, 0.6) is 0 Å². The number of aliphatic imine (C=N–C) groups is 1. The molecule has 1 rings (SSSR count). The molecule has 19 heavy (non-hydrogen) atoms. The van der Waals surface area contributed by atoms with Crippen LogP contribution in [0, 0.1) is 5.92 Å². The van der Waals surface area contributed by atoms with Crippen molar-refractivity contribution in [1.82, 2.24) is 10.6 Å². The van der Waals surface area contributed by atoms with Gasteiger partial charge in [-0.2, -0.15) is 0 Å². The largest absolute Gasteiger partial charge is 0.396 e. The van der Waals surface area contributed by atoms with Gasteiger partial charge in [-0.25, -0.2) is 4.99 Å². The summed E-state index contributed by atoms with van der Waals surface area (Å²) in [6.45, 7) is 6.17. The van der Waals surface area contributed by atoms with Crippen LogP contribution in [0.25, 0.3) is 0 Å². The van der Waals surface area contributed by atoms with Crippen LogP contribution in [-0.2, 0) is 6.54 Å². The molecule has 1 aromatic rings. The molecule has 0 amide bonds. The lowest BCUT2D eigenvalue weighted by atomic mass is 10.2. The Morgan fingerprint density at radius 3 is 2.74 bits per heavy atom. The number of rotatable bonds is 6. The predicted molar refractivity (Wildman–Crippen MR) is 80.5 cm³/mol. The summed E-state index contributed by atoms with van der Waals surface area (Å²) in [6, 6.07) is 7.68. The van der Waals surface area contributed by atoms with Crippen LogP contribution in [-0.4, -0.2) is 30.8 Å². The molecule has 106 valence electrons. The Labute approximate surface area is 119 Å². The average molecular weight is 284 g/mol. The summed E-state index contributed by atoms with van der Waals surface area (Å²) in [5.41, 5.74) is 0.997. The average Bonchev–Trinajstić information content (AvgIpc) is 2.43. The zero-order valence-corrected chi connectivity index (χ0v) is 12.2. The first kappa shape index (κ1) is 15.8. The van der Waals surface area contributed by atoms with Crippen molar-refractivity contribution in [3.8, 4) is 0 Å². The maximum absolute atomic E-state index is 9.00. The number of nitrogens with zero attached hydrogens (tertiary/aromatic N) is 1. The van der Waals surface area contributed by atoms with Crippen molar-refractivity contribution in [2.24, 2.45) is 10.9 Å². The Morgan fingerprint density at radius 1 is 1.37 bits per heavy atom. The maximum atomic E-state index is 9.00. The summed E-state index contributed by atoms with van der Waals surface area (Å²) < 4.78 is 0. The number of aliphatic hydroxyl groups excluding tert-OH is 1. The number of hydrogen-bond acceptors (Lipinski definition) is 2. The van der Waals surface area contributed by atoms with Crippen molar-refractivity contribution in [2.45, 2.75) is 20.4 Å². The van der Waals surface area contributed by atoms with Crippen LogP contribution in [0.1, 0.15) is 19.4 Å². The molecule has 0 radical (unpaired) electrons. The molecule has 0 bridgehead atoms. The van der Waals surface area contributed by atoms with Gasteiger partial charge >= 0.3 is 0 Å². The minimum absolute atomic E-state index is 0.164. The predicted octanol–water partition coefficient (Wildman–Crippen LogP) is 2.02. The highest BCUT2D eigenvalue weighted by Crippen LogP contribution is 2.15. The van der Waals surface area contributed by atoms with Gasteiger partial charge in [-0.05, 0) is 24.5 Å². The monoisotopic (exact) mass is 283 g/mol. The van der Waals surface area contributed by atoms with Gasteiger partial charge in [0.25, 0.3) is 0 Å². The lowest BCUT2D eigenvalue weighted by molar-refractivity contribution is 0.238. The Hall–Kier alpha value is -1.26. The first-order chi connectivity index (χ1) is 9.17. The van der Waals surface area contributed by atoms with Gasteiger partial charge in [-0.15, -0.1) is 0 Å². The van der Waals surface area contributed by atoms with Crippen LogP contribution in [0.4, 0.5) is 0 Å². The number of halogens is 1. The topological polar surface area (TPSA) is 56.7 Å². The number of nitrogens with one attached hydrogen (secondary N) is 2. The smallest absolute Gasteiger partial charge is 0.191 e. The van der Waals surface area contributed by atoms with E-state index in [1.54, 1.807) is 0 Å². The zero-order valence-electron chi connectivity index (χ0n) is 11.5. The normalized spacial score (nSPS) is 13.2. The Bertz CT molecular complexity index is 409. The van der Waals surface area contributed by atoms with Gasteiger partial charge in [-0.1, -0.05) is 36.7 Å². The van der Waals surface area contributed by atoms with Gasteiger partial charge in [0, 0.05) is 24.7 Å². The van der Waals surface area contributed by atoms with Gasteiger partial charge in [0.2, 0.25) is 0 Å². The fraction of sp³-hybridized carbons (Fsp3) is 0.500. The molecule has 0 fully saturated rings. The summed E-state index contributed by atoms with van der Waals surface area (Å²) >= 11 is 6.09. The van der Waals surface area contributed by atoms with E-state index in [4.69, 9.17) is 16.7 Å². The standard InChI is InChI=1S/C14H22ClN3O/c1-3-16-14(17-8-11(2)10-19)18-9-12-6-4-5-7-13(12)15/h4-7,11,19H,3,8-10H2,1-2H3,(H2,16,17,18). The van der Waals surface area contributed by atoms with Crippen LogP contribution < -0.4 is 10.6 Å². The SMILES string of the molecule is CCNC(=NCc1ccccc1Cl)NCC(C)CO. The van der Waals surface area contributed by atoms with Crippen molar-refractivity contribution < 1.29 is 5.11 Å². The maximum Gasteiger partial charge on any atom is 0.191 e. The third kappa shape index (κ3) is 5.94. The van der Waals surface area contributed by atoms with E-state index in [0.29, 0.717) is 13.1 Å². The molecule has 1 atom stereocenters. The van der Waals surface area contributed by atoms with Crippen molar-refractivity contribution in [1.29, 1.82) is 0 Å². The summed E-state index contributed by atoms with van der Waals surface area (Å²) in [4.78, 5) is 4.48. The molecule has 0 aromatic heterocycles. The molecule has 0 aliphatic rings. The molecular weight excluding hydrogens is 262 g/mol. The lowest BCUT2D eigenvalue weighted by Gasteiger charge is -2.14. The van der Waals surface area contributed by atoms with E-state index >= 15 is 0 Å². The molecule has 0 aliphatic heterocycles. The number of benzene rings is 1. The summed E-state index contributed by atoms with van der Waals surface area (Å²) in [5, 5.41) is 16.1. The molecule has 0 spiro atoms. The van der Waals surface area contributed by atoms with E-state index in [2.05, 4.69) is 15.6 Å². The van der Waals surface area contributed by atoms with Gasteiger partial charge < -0.3 is 15.7 Å². The molecular formula is C14H22ClN3O. The minimum atomic E-state index is 0.164. The number of guanidine groups is 1. The highest BCUT2D eigenvalue weighted by atomic mass is 35.5. The quantitative estimate of drug-likeness (QED) is 0.553. The third-order valence-corrected chi connectivity index (χ3v) is 3.01. The fourth-order valence-corrected chi connectivity index (χ4v) is 1.66. The van der Waals surface area contributed by atoms with Gasteiger partial charge in [0.1, 0.15) is 0 Å². The molecule has 0 heterocycles. The second kappa shape index (κ2) is 8.77. The molecule has 0 saturated heterocycles. The van der Waals surface area contributed by atoms with Gasteiger partial charge in [0.05, 0.1) is 6.54 Å². The van der Waals surface area contributed by atoms with E-state index in [-0.39, 0.29) is 12.5 Å². The van der Waals surface area contributed by atoms with Crippen LogP contribution in [0.2, 0.25) is 5.02 Å². The molecule has 3 N–H and O–H groups in total. The molecule has 1 unspecified atom stereocenters. The lowest BCUT2D eigenvalue weighted by Crippen LogP contribution is -2.39. The second-order valence-electron chi connectivity index (χ2n) is 4.46.